The van der Waals surface area contributed by atoms with E-state index in [-0.39, 0.29) is 17.9 Å². The highest BCUT2D eigenvalue weighted by atomic mass is 16.2. The topological polar surface area (TPSA) is 71.1 Å². The summed E-state index contributed by atoms with van der Waals surface area (Å²) in [7, 11) is 0. The second-order valence-corrected chi connectivity index (χ2v) is 5.32. The van der Waals surface area contributed by atoms with Gasteiger partial charge in [0.25, 0.3) is 5.91 Å². The summed E-state index contributed by atoms with van der Waals surface area (Å²) >= 11 is 0. The molecule has 0 spiro atoms. The number of hydrogen-bond acceptors (Lipinski definition) is 3. The van der Waals surface area contributed by atoms with Crippen LogP contribution in [0.25, 0.3) is 11.3 Å². The van der Waals surface area contributed by atoms with Gasteiger partial charge in [-0.25, -0.2) is 0 Å². The van der Waals surface area contributed by atoms with Crippen molar-refractivity contribution in [3.63, 3.8) is 0 Å². The van der Waals surface area contributed by atoms with Gasteiger partial charge in [-0.05, 0) is 38.1 Å². The van der Waals surface area contributed by atoms with Crippen LogP contribution in [0.1, 0.15) is 31.1 Å². The lowest BCUT2D eigenvalue weighted by Crippen LogP contribution is -2.29. The first-order valence-electron chi connectivity index (χ1n) is 7.10. The van der Waals surface area contributed by atoms with Gasteiger partial charge in [0.2, 0.25) is 5.91 Å². The molecule has 2 rings (SSSR count). The summed E-state index contributed by atoms with van der Waals surface area (Å²) in [5, 5.41) is 5.52. The highest BCUT2D eigenvalue weighted by molar-refractivity contribution is 5.94. The fourth-order valence-corrected chi connectivity index (χ4v) is 1.98. The monoisotopic (exact) mass is 297 g/mol. The first-order valence-corrected chi connectivity index (χ1v) is 7.10. The molecule has 2 amide bonds. The second kappa shape index (κ2) is 6.85. The Kier molecular flexibility index (Phi) is 4.88. The Labute approximate surface area is 129 Å². The Balaban J connectivity index is 2.13. The Hall–Kier alpha value is -2.69. The summed E-state index contributed by atoms with van der Waals surface area (Å²) in [6.45, 7) is 5.30. The van der Waals surface area contributed by atoms with Crippen molar-refractivity contribution >= 4 is 17.5 Å². The summed E-state index contributed by atoms with van der Waals surface area (Å²) in [5.41, 5.74) is 2.97. The van der Waals surface area contributed by atoms with E-state index in [0.29, 0.717) is 11.3 Å². The highest BCUT2D eigenvalue weighted by Crippen LogP contribution is 2.19. The number of carbonyl (C=O) groups is 2. The zero-order valence-electron chi connectivity index (χ0n) is 12.9. The van der Waals surface area contributed by atoms with Crippen molar-refractivity contribution in [1.82, 2.24) is 10.3 Å². The molecule has 0 saturated heterocycles. The van der Waals surface area contributed by atoms with Crippen LogP contribution in [-0.2, 0) is 4.79 Å². The third-order valence-corrected chi connectivity index (χ3v) is 2.95. The summed E-state index contributed by atoms with van der Waals surface area (Å²) in [5.74, 6) is -0.217. The largest absolute Gasteiger partial charge is 0.350 e. The Bertz CT molecular complexity index is 661. The molecule has 1 heterocycles. The number of nitrogens with zero attached hydrogens (tertiary/aromatic N) is 1. The fourth-order valence-electron chi connectivity index (χ4n) is 1.98. The molecule has 22 heavy (non-hydrogen) atoms. The van der Waals surface area contributed by atoms with Gasteiger partial charge >= 0.3 is 0 Å². The van der Waals surface area contributed by atoms with Gasteiger partial charge in [0.1, 0.15) is 0 Å². The SMILES string of the molecule is CC(=O)Nc1ccc(-c2ccc(C(=O)NC(C)C)cc2)nc1. The number of pyridine rings is 1. The smallest absolute Gasteiger partial charge is 0.251 e. The van der Waals surface area contributed by atoms with Gasteiger partial charge in [-0.1, -0.05) is 12.1 Å². The molecule has 2 aromatic rings. The van der Waals surface area contributed by atoms with Crippen molar-refractivity contribution < 1.29 is 9.59 Å². The molecule has 0 radical (unpaired) electrons. The van der Waals surface area contributed by atoms with E-state index in [1.165, 1.54) is 6.92 Å². The van der Waals surface area contributed by atoms with E-state index in [2.05, 4.69) is 15.6 Å². The lowest BCUT2D eigenvalue weighted by Gasteiger charge is -2.09. The van der Waals surface area contributed by atoms with E-state index in [9.17, 15) is 9.59 Å². The molecule has 1 aromatic heterocycles. The van der Waals surface area contributed by atoms with Crippen molar-refractivity contribution in [3.8, 4) is 11.3 Å². The number of aromatic nitrogens is 1. The minimum absolute atomic E-state index is 0.0875. The molecule has 0 unspecified atom stereocenters. The summed E-state index contributed by atoms with van der Waals surface area (Å²) < 4.78 is 0. The minimum Gasteiger partial charge on any atom is -0.350 e. The number of amides is 2. The summed E-state index contributed by atoms with van der Waals surface area (Å²) in [6, 6.07) is 11.0. The van der Waals surface area contributed by atoms with Crippen molar-refractivity contribution in [1.29, 1.82) is 0 Å². The van der Waals surface area contributed by atoms with E-state index in [0.717, 1.165) is 11.3 Å². The quantitative estimate of drug-likeness (QED) is 0.911. The Morgan fingerprint density at radius 2 is 1.73 bits per heavy atom. The predicted octanol–water partition coefficient (Wildman–Crippen LogP) is 2.85. The average Bonchev–Trinajstić information content (AvgIpc) is 2.47. The molecule has 0 aliphatic heterocycles. The van der Waals surface area contributed by atoms with Gasteiger partial charge in [-0.2, -0.15) is 0 Å². The van der Waals surface area contributed by atoms with E-state index in [1.807, 2.05) is 32.0 Å². The molecule has 0 aliphatic rings. The van der Waals surface area contributed by atoms with Crippen LogP contribution in [-0.4, -0.2) is 22.8 Å². The number of benzene rings is 1. The number of nitrogens with one attached hydrogen (secondary N) is 2. The van der Waals surface area contributed by atoms with Crippen LogP contribution in [0.5, 0.6) is 0 Å². The average molecular weight is 297 g/mol. The van der Waals surface area contributed by atoms with Crippen LogP contribution >= 0.6 is 0 Å². The van der Waals surface area contributed by atoms with Crippen LogP contribution in [0.2, 0.25) is 0 Å². The van der Waals surface area contributed by atoms with E-state index in [4.69, 9.17) is 0 Å². The van der Waals surface area contributed by atoms with Gasteiger partial charge in [0.15, 0.2) is 0 Å². The number of hydrogen-bond donors (Lipinski definition) is 2. The maximum Gasteiger partial charge on any atom is 0.251 e. The zero-order chi connectivity index (χ0) is 16.1. The lowest BCUT2D eigenvalue weighted by molar-refractivity contribution is -0.114. The van der Waals surface area contributed by atoms with Gasteiger partial charge in [0, 0.05) is 24.1 Å². The van der Waals surface area contributed by atoms with Crippen LogP contribution in [0.4, 0.5) is 5.69 Å². The van der Waals surface area contributed by atoms with Gasteiger partial charge in [0.05, 0.1) is 17.6 Å². The zero-order valence-corrected chi connectivity index (χ0v) is 12.9. The Morgan fingerprint density at radius 3 is 2.23 bits per heavy atom. The number of carbonyl (C=O) groups excluding carboxylic acids is 2. The molecule has 114 valence electrons. The molecule has 0 fully saturated rings. The predicted molar refractivity (Wildman–Crippen MR) is 86.6 cm³/mol. The van der Waals surface area contributed by atoms with E-state index in [1.54, 1.807) is 24.4 Å². The van der Waals surface area contributed by atoms with E-state index >= 15 is 0 Å². The number of anilines is 1. The van der Waals surface area contributed by atoms with Crippen LogP contribution < -0.4 is 10.6 Å². The maximum absolute atomic E-state index is 11.9. The van der Waals surface area contributed by atoms with Gasteiger partial charge in [-0.3, -0.25) is 14.6 Å². The lowest BCUT2D eigenvalue weighted by atomic mass is 10.1. The van der Waals surface area contributed by atoms with Crippen molar-refractivity contribution in [2.45, 2.75) is 26.8 Å². The molecular weight excluding hydrogens is 278 g/mol. The molecule has 5 nitrogen and oxygen atoms in total. The number of rotatable bonds is 4. The third-order valence-electron chi connectivity index (χ3n) is 2.95. The van der Waals surface area contributed by atoms with Crippen LogP contribution in [0, 0.1) is 0 Å². The summed E-state index contributed by atoms with van der Waals surface area (Å²) in [6.07, 6.45) is 1.61. The molecule has 0 aliphatic carbocycles. The standard InChI is InChI=1S/C17H19N3O2/c1-11(2)19-17(22)14-6-4-13(5-7-14)16-9-8-15(10-18-16)20-12(3)21/h4-11H,1-3H3,(H,19,22)(H,20,21). The first-order chi connectivity index (χ1) is 10.5. The van der Waals surface area contributed by atoms with Crippen LogP contribution in [0.15, 0.2) is 42.6 Å². The van der Waals surface area contributed by atoms with Crippen molar-refractivity contribution in [2.75, 3.05) is 5.32 Å². The summed E-state index contributed by atoms with van der Waals surface area (Å²) in [4.78, 5) is 27.2. The maximum atomic E-state index is 11.9. The first kappa shape index (κ1) is 15.7. The fraction of sp³-hybridized carbons (Fsp3) is 0.235. The third kappa shape index (κ3) is 4.15. The second-order valence-electron chi connectivity index (χ2n) is 5.32. The molecule has 2 N–H and O–H groups in total. The van der Waals surface area contributed by atoms with E-state index < -0.39 is 0 Å². The molecule has 1 aromatic carbocycles. The minimum atomic E-state index is -0.130. The van der Waals surface area contributed by atoms with Gasteiger partial charge < -0.3 is 10.6 Å². The molecule has 0 saturated carbocycles. The highest BCUT2D eigenvalue weighted by Gasteiger charge is 2.07. The normalized spacial score (nSPS) is 10.4. The Morgan fingerprint density at radius 1 is 1.05 bits per heavy atom. The van der Waals surface area contributed by atoms with Crippen molar-refractivity contribution in [3.05, 3.63) is 48.2 Å². The molecule has 5 heteroatoms. The molecule has 0 bridgehead atoms. The van der Waals surface area contributed by atoms with Crippen molar-refractivity contribution in [2.24, 2.45) is 0 Å². The van der Waals surface area contributed by atoms with Crippen LogP contribution in [0.3, 0.4) is 0 Å². The molecular formula is C17H19N3O2. The molecule has 0 atom stereocenters. The van der Waals surface area contributed by atoms with Gasteiger partial charge in [-0.15, -0.1) is 0 Å².